The summed E-state index contributed by atoms with van der Waals surface area (Å²) in [6, 6.07) is 12.5. The number of hydrogen-bond acceptors (Lipinski definition) is 2. The molecule has 0 saturated carbocycles. The van der Waals surface area contributed by atoms with Crippen molar-refractivity contribution >= 4 is 5.69 Å². The molecule has 2 rings (SSSR count). The van der Waals surface area contributed by atoms with Crippen molar-refractivity contribution in [2.75, 3.05) is 5.73 Å². The van der Waals surface area contributed by atoms with Crippen LogP contribution in [0.4, 0.5) is 5.69 Å². The zero-order valence-corrected chi connectivity index (χ0v) is 7.07. The molecule has 0 aliphatic heterocycles. The SMILES string of the molecule is Nc1[c]ccc(-c2ccncc2)c1. The normalized spacial score (nSPS) is 9.85. The van der Waals surface area contributed by atoms with Crippen LogP contribution in [0.15, 0.2) is 42.7 Å². The molecule has 2 aromatic rings. The van der Waals surface area contributed by atoms with Crippen molar-refractivity contribution in [1.82, 2.24) is 4.98 Å². The summed E-state index contributed by atoms with van der Waals surface area (Å²) in [5.74, 6) is 0. The second kappa shape index (κ2) is 3.27. The maximum atomic E-state index is 5.62. The molecule has 0 bridgehead atoms. The number of aromatic nitrogens is 1. The van der Waals surface area contributed by atoms with Gasteiger partial charge in [0.2, 0.25) is 0 Å². The summed E-state index contributed by atoms with van der Waals surface area (Å²) < 4.78 is 0. The molecule has 0 aliphatic carbocycles. The highest BCUT2D eigenvalue weighted by atomic mass is 14.6. The maximum absolute atomic E-state index is 5.62. The number of nitrogens with two attached hydrogens (primary N) is 1. The summed E-state index contributed by atoms with van der Waals surface area (Å²) >= 11 is 0. The number of anilines is 1. The summed E-state index contributed by atoms with van der Waals surface area (Å²) in [7, 11) is 0. The second-order valence-electron chi connectivity index (χ2n) is 2.77. The molecule has 1 heterocycles. The van der Waals surface area contributed by atoms with Gasteiger partial charge >= 0.3 is 0 Å². The van der Waals surface area contributed by atoms with Gasteiger partial charge in [-0.05, 0) is 29.3 Å². The number of rotatable bonds is 1. The number of nitrogens with zero attached hydrogens (tertiary/aromatic N) is 1. The van der Waals surface area contributed by atoms with Crippen LogP contribution < -0.4 is 5.73 Å². The van der Waals surface area contributed by atoms with Gasteiger partial charge in [0, 0.05) is 24.1 Å². The molecule has 0 atom stereocenters. The lowest BCUT2D eigenvalue weighted by Gasteiger charge is -2.00. The van der Waals surface area contributed by atoms with Crippen molar-refractivity contribution in [3.63, 3.8) is 0 Å². The van der Waals surface area contributed by atoms with Gasteiger partial charge in [-0.25, -0.2) is 0 Å². The lowest BCUT2D eigenvalue weighted by Crippen LogP contribution is -1.85. The fourth-order valence-corrected chi connectivity index (χ4v) is 1.21. The first kappa shape index (κ1) is 7.80. The van der Waals surface area contributed by atoms with Crippen molar-refractivity contribution < 1.29 is 0 Å². The van der Waals surface area contributed by atoms with E-state index in [2.05, 4.69) is 11.1 Å². The maximum Gasteiger partial charge on any atom is 0.0400 e. The van der Waals surface area contributed by atoms with Crippen LogP contribution in [0.25, 0.3) is 11.1 Å². The molecule has 1 radical (unpaired) electrons. The van der Waals surface area contributed by atoms with E-state index < -0.39 is 0 Å². The number of hydrogen-bond donors (Lipinski definition) is 1. The number of benzene rings is 1. The minimum absolute atomic E-state index is 0.661. The Morgan fingerprint density at radius 2 is 1.85 bits per heavy atom. The molecule has 2 nitrogen and oxygen atoms in total. The minimum atomic E-state index is 0.661. The zero-order valence-electron chi connectivity index (χ0n) is 7.07. The highest BCUT2D eigenvalue weighted by Gasteiger charge is 1.95. The van der Waals surface area contributed by atoms with Crippen molar-refractivity contribution in [2.45, 2.75) is 0 Å². The van der Waals surface area contributed by atoms with Crippen LogP contribution in [0, 0.1) is 6.07 Å². The monoisotopic (exact) mass is 169 g/mol. The fourth-order valence-electron chi connectivity index (χ4n) is 1.21. The zero-order chi connectivity index (χ0) is 9.10. The first-order valence-corrected chi connectivity index (χ1v) is 4.04. The molecule has 13 heavy (non-hydrogen) atoms. The highest BCUT2D eigenvalue weighted by Crippen LogP contribution is 2.19. The smallest absolute Gasteiger partial charge is 0.0400 e. The summed E-state index contributed by atoms with van der Waals surface area (Å²) in [6.07, 6.45) is 3.53. The molecule has 0 unspecified atom stereocenters. The van der Waals surface area contributed by atoms with E-state index in [0.717, 1.165) is 11.1 Å². The molecular weight excluding hydrogens is 160 g/mol. The van der Waals surface area contributed by atoms with Crippen molar-refractivity contribution in [3.05, 3.63) is 48.8 Å². The van der Waals surface area contributed by atoms with E-state index in [1.54, 1.807) is 12.4 Å². The van der Waals surface area contributed by atoms with Gasteiger partial charge < -0.3 is 5.73 Å². The van der Waals surface area contributed by atoms with E-state index in [-0.39, 0.29) is 0 Å². The molecule has 1 aromatic carbocycles. The van der Waals surface area contributed by atoms with Crippen molar-refractivity contribution in [2.24, 2.45) is 0 Å². The Morgan fingerprint density at radius 3 is 2.54 bits per heavy atom. The molecule has 0 fully saturated rings. The largest absolute Gasteiger partial charge is 0.398 e. The summed E-state index contributed by atoms with van der Waals surface area (Å²) in [4.78, 5) is 3.95. The molecule has 0 saturated heterocycles. The Labute approximate surface area is 77.0 Å². The topological polar surface area (TPSA) is 38.9 Å². The predicted octanol–water partition coefficient (Wildman–Crippen LogP) is 2.13. The second-order valence-corrected chi connectivity index (χ2v) is 2.77. The molecular formula is C11H9N2. The van der Waals surface area contributed by atoms with Crippen molar-refractivity contribution in [3.8, 4) is 11.1 Å². The molecule has 63 valence electrons. The van der Waals surface area contributed by atoms with Crippen LogP contribution in [0.1, 0.15) is 0 Å². The Balaban J connectivity index is 2.48. The van der Waals surface area contributed by atoms with Crippen LogP contribution in [-0.2, 0) is 0 Å². The highest BCUT2D eigenvalue weighted by molar-refractivity contribution is 5.66. The van der Waals surface area contributed by atoms with Gasteiger partial charge in [0.15, 0.2) is 0 Å². The summed E-state index contributed by atoms with van der Waals surface area (Å²) in [6.45, 7) is 0. The lowest BCUT2D eigenvalue weighted by atomic mass is 10.1. The minimum Gasteiger partial charge on any atom is -0.398 e. The Kier molecular flexibility index (Phi) is 1.96. The molecule has 2 heteroatoms. The van der Waals surface area contributed by atoms with Gasteiger partial charge in [-0.15, -0.1) is 0 Å². The van der Waals surface area contributed by atoms with E-state index in [4.69, 9.17) is 5.73 Å². The van der Waals surface area contributed by atoms with Crippen LogP contribution >= 0.6 is 0 Å². The van der Waals surface area contributed by atoms with Crippen LogP contribution in [0.3, 0.4) is 0 Å². The van der Waals surface area contributed by atoms with Gasteiger partial charge in [-0.3, -0.25) is 4.98 Å². The predicted molar refractivity (Wildman–Crippen MR) is 52.9 cm³/mol. The first-order chi connectivity index (χ1) is 6.36. The Hall–Kier alpha value is -1.83. The van der Waals surface area contributed by atoms with Gasteiger partial charge in [0.1, 0.15) is 0 Å². The van der Waals surface area contributed by atoms with Gasteiger partial charge in [0.25, 0.3) is 0 Å². The summed E-state index contributed by atoms with van der Waals surface area (Å²) in [5.41, 5.74) is 8.50. The third-order valence-corrected chi connectivity index (χ3v) is 1.84. The third kappa shape index (κ3) is 1.67. The molecule has 0 aliphatic rings. The van der Waals surface area contributed by atoms with E-state index in [9.17, 15) is 0 Å². The van der Waals surface area contributed by atoms with Crippen LogP contribution in [0.2, 0.25) is 0 Å². The van der Waals surface area contributed by atoms with E-state index >= 15 is 0 Å². The van der Waals surface area contributed by atoms with E-state index in [1.165, 1.54) is 0 Å². The van der Waals surface area contributed by atoms with Gasteiger partial charge in [-0.1, -0.05) is 12.1 Å². The molecule has 0 spiro atoms. The van der Waals surface area contributed by atoms with Crippen molar-refractivity contribution in [1.29, 1.82) is 0 Å². The van der Waals surface area contributed by atoms with E-state index in [1.807, 2.05) is 30.3 Å². The first-order valence-electron chi connectivity index (χ1n) is 4.04. The van der Waals surface area contributed by atoms with Gasteiger partial charge in [0.05, 0.1) is 0 Å². The van der Waals surface area contributed by atoms with E-state index in [0.29, 0.717) is 5.69 Å². The molecule has 2 N–H and O–H groups in total. The Bertz CT molecular complexity index is 396. The average Bonchev–Trinajstić information content (AvgIpc) is 2.19. The average molecular weight is 169 g/mol. The third-order valence-electron chi connectivity index (χ3n) is 1.84. The van der Waals surface area contributed by atoms with Crippen LogP contribution in [0.5, 0.6) is 0 Å². The molecule has 1 aromatic heterocycles. The quantitative estimate of drug-likeness (QED) is 0.664. The van der Waals surface area contributed by atoms with Crippen LogP contribution in [-0.4, -0.2) is 4.98 Å². The lowest BCUT2D eigenvalue weighted by molar-refractivity contribution is 1.33. The Morgan fingerprint density at radius 1 is 1.08 bits per heavy atom. The fraction of sp³-hybridized carbons (Fsp3) is 0. The number of pyridine rings is 1. The molecule has 0 amide bonds. The van der Waals surface area contributed by atoms with Gasteiger partial charge in [-0.2, -0.15) is 0 Å². The standard InChI is InChI=1S/C11H9N2/c12-11-3-1-2-10(8-11)9-4-6-13-7-5-9/h1-2,4-8H,12H2. The number of nitrogen functional groups attached to an aromatic ring is 1. The summed E-state index contributed by atoms with van der Waals surface area (Å²) in [5, 5.41) is 0.